The molecule has 204 valence electrons. The van der Waals surface area contributed by atoms with Crippen molar-refractivity contribution in [1.82, 2.24) is 20.1 Å². The van der Waals surface area contributed by atoms with Gasteiger partial charge < -0.3 is 10.1 Å². The van der Waals surface area contributed by atoms with Gasteiger partial charge in [-0.2, -0.15) is 10.1 Å². The van der Waals surface area contributed by atoms with E-state index in [-0.39, 0.29) is 17.8 Å². The molecule has 0 bridgehead atoms. The van der Waals surface area contributed by atoms with Crippen molar-refractivity contribution in [3.8, 4) is 0 Å². The predicted molar refractivity (Wildman–Crippen MR) is 144 cm³/mol. The number of carbonyl (C=O) groups excluding carboxylic acids is 1. The number of hydrogen-bond acceptors (Lipinski definition) is 8. The van der Waals surface area contributed by atoms with E-state index in [4.69, 9.17) is 4.74 Å². The molecule has 3 atom stereocenters. The fourth-order valence-corrected chi connectivity index (χ4v) is 6.17. The molecule has 2 fully saturated rings. The van der Waals surface area contributed by atoms with Gasteiger partial charge in [-0.1, -0.05) is 24.6 Å². The highest BCUT2D eigenvalue weighted by Gasteiger charge is 2.52. The lowest BCUT2D eigenvalue weighted by Gasteiger charge is -2.47. The van der Waals surface area contributed by atoms with Crippen molar-refractivity contribution in [1.29, 1.82) is 0 Å². The minimum atomic E-state index is -1.30. The largest absolute Gasteiger partial charge is 0.360 e. The highest BCUT2D eigenvalue weighted by Crippen LogP contribution is 2.35. The van der Waals surface area contributed by atoms with Gasteiger partial charge in [0.15, 0.2) is 5.60 Å². The normalized spacial score (nSPS) is 26.9. The van der Waals surface area contributed by atoms with Crippen molar-refractivity contribution in [2.45, 2.75) is 67.3 Å². The number of nitrogens with zero attached hydrogens (tertiary/aromatic N) is 6. The van der Waals surface area contributed by atoms with Crippen molar-refractivity contribution >= 4 is 42.2 Å². The molecular weight excluding hydrogens is 532 g/mol. The van der Waals surface area contributed by atoms with E-state index in [0.717, 1.165) is 66.8 Å². The van der Waals surface area contributed by atoms with Gasteiger partial charge in [-0.15, -0.1) is 10.2 Å². The van der Waals surface area contributed by atoms with E-state index in [2.05, 4.69) is 43.1 Å². The summed E-state index contributed by atoms with van der Waals surface area (Å²) >= 11 is 5.03. The van der Waals surface area contributed by atoms with Crippen LogP contribution in [0.15, 0.2) is 28.5 Å². The number of ether oxygens (including phenoxy) is 1. The Balaban J connectivity index is 1.47. The molecule has 2 aliphatic heterocycles. The number of piperazine rings is 1. The lowest BCUT2D eigenvalue weighted by atomic mass is 9.90. The Morgan fingerprint density at radius 1 is 1.21 bits per heavy atom. The second kappa shape index (κ2) is 11.5. The van der Waals surface area contributed by atoms with Gasteiger partial charge in [-0.3, -0.25) is 9.69 Å². The first-order valence-electron chi connectivity index (χ1n) is 12.8. The van der Waals surface area contributed by atoms with E-state index >= 15 is 0 Å². The lowest BCUT2D eigenvalue weighted by molar-refractivity contribution is -0.706. The van der Waals surface area contributed by atoms with Crippen LogP contribution in [0.3, 0.4) is 0 Å². The number of hydrogen-bond donors (Lipinski definition) is 1. The molecule has 1 aromatic carbocycles. The zero-order chi connectivity index (χ0) is 26.9. The van der Waals surface area contributed by atoms with Gasteiger partial charge in [0.25, 0.3) is 5.91 Å². The van der Waals surface area contributed by atoms with E-state index in [1.54, 1.807) is 13.1 Å². The number of thioether (sulfide) groups is 1. The summed E-state index contributed by atoms with van der Waals surface area (Å²) in [7, 11) is 0. The summed E-state index contributed by atoms with van der Waals surface area (Å²) in [6.45, 7) is 3.83. The zero-order valence-electron chi connectivity index (χ0n) is 21.4. The van der Waals surface area contributed by atoms with E-state index in [0.29, 0.717) is 24.0 Å². The first kappa shape index (κ1) is 27.4. The molecule has 1 saturated carbocycles. The lowest BCUT2D eigenvalue weighted by Crippen LogP contribution is -2.91. The third-order valence-electron chi connectivity index (χ3n) is 7.47. The number of quaternary nitrogens is 1. The van der Waals surface area contributed by atoms with E-state index in [1.807, 2.05) is 6.26 Å². The summed E-state index contributed by atoms with van der Waals surface area (Å²) in [6, 6.07) is 2.46. The van der Waals surface area contributed by atoms with Crippen LogP contribution in [-0.4, -0.2) is 75.8 Å². The average molecular weight is 566 g/mol. The molecule has 1 amide bonds. The average Bonchev–Trinajstić information content (AvgIpc) is 3.42. The molecule has 9 nitrogen and oxygen atoms in total. The van der Waals surface area contributed by atoms with Crippen LogP contribution in [0.25, 0.3) is 0 Å². The Morgan fingerprint density at radius 3 is 2.63 bits per heavy atom. The summed E-state index contributed by atoms with van der Waals surface area (Å²) in [5.41, 5.74) is 0.371. The summed E-state index contributed by atoms with van der Waals surface area (Å²) in [5, 5.41) is 17.0. The number of halogens is 2. The number of nitrogens with two attached hydrogens (primary N) is 1. The van der Waals surface area contributed by atoms with Crippen LogP contribution in [0.1, 0.15) is 50.0 Å². The molecule has 2 N–H and O–H groups in total. The topological polar surface area (TPSA) is 100 Å². The molecule has 2 aromatic rings. The quantitative estimate of drug-likeness (QED) is 0.401. The number of amides is 1. The third kappa shape index (κ3) is 5.44. The van der Waals surface area contributed by atoms with Crippen molar-refractivity contribution in [2.24, 2.45) is 5.10 Å². The molecule has 3 aliphatic rings. The van der Waals surface area contributed by atoms with Gasteiger partial charge in [0.05, 0.1) is 30.9 Å². The Morgan fingerprint density at radius 2 is 1.95 bits per heavy atom. The summed E-state index contributed by atoms with van der Waals surface area (Å²) in [5.74, 6) is -1.45. The van der Waals surface area contributed by atoms with Gasteiger partial charge in [-0.05, 0) is 50.8 Å². The highest BCUT2D eigenvalue weighted by atomic mass is 32.2. The maximum atomic E-state index is 14.0. The van der Waals surface area contributed by atoms with Crippen LogP contribution in [0, 0.1) is 11.6 Å². The third-order valence-corrected chi connectivity index (χ3v) is 8.35. The number of rotatable bonds is 7. The molecule has 1 aliphatic carbocycles. The Bertz CT molecular complexity index is 1200. The molecule has 1 saturated heterocycles. The second-order valence-corrected chi connectivity index (χ2v) is 11.1. The van der Waals surface area contributed by atoms with Gasteiger partial charge in [0, 0.05) is 18.8 Å². The van der Waals surface area contributed by atoms with Crippen molar-refractivity contribution in [3.63, 3.8) is 0 Å². The van der Waals surface area contributed by atoms with Crippen LogP contribution in [0.4, 0.5) is 14.5 Å². The standard InChI is InChI=1S/C25H31F2N7O2S2/c1-25(36-18-5-3-4-6-18)21(12-29-34(23(25)35)17-10-15(26)9-16(27)11-17)33-8-7-28-19(13-33)22-20(14-37)30-24(38-2)32-31-22/h9-12,18-19,21,28,37H,3-8,13-14H2,1-2H3/p+2. The summed E-state index contributed by atoms with van der Waals surface area (Å²) < 4.78 is 34.6. The van der Waals surface area contributed by atoms with Gasteiger partial charge in [0.2, 0.25) is 5.16 Å². The zero-order valence-corrected chi connectivity index (χ0v) is 23.3. The monoisotopic (exact) mass is 565 g/mol. The van der Waals surface area contributed by atoms with E-state index in [1.165, 1.54) is 11.8 Å². The molecule has 3 heterocycles. The molecular formula is C25H33F2N7O2S2+2. The fourth-order valence-electron chi connectivity index (χ4n) is 5.59. The molecule has 0 spiro atoms. The SMILES string of the molecule is CSc1nnc(C2CN(C3C=NN(c4cc(F)cc(F)c4)C(=O)C3(C)OC3CCCC3)CC[NH2+]2)c(C[SH2+])n1. The van der Waals surface area contributed by atoms with Gasteiger partial charge >= 0.3 is 0 Å². The van der Waals surface area contributed by atoms with Crippen molar-refractivity contribution < 1.29 is 23.6 Å². The second-order valence-electron chi connectivity index (χ2n) is 10.0. The molecule has 13 heteroatoms. The van der Waals surface area contributed by atoms with Crippen LogP contribution in [-0.2, 0) is 27.9 Å². The van der Waals surface area contributed by atoms with Crippen molar-refractivity contribution in [3.05, 3.63) is 41.2 Å². The summed E-state index contributed by atoms with van der Waals surface area (Å²) in [6.07, 6.45) is 7.34. The number of anilines is 1. The number of carbonyl (C=O) groups is 1. The number of hydrazone groups is 1. The minimum Gasteiger partial charge on any atom is -0.360 e. The van der Waals surface area contributed by atoms with Crippen LogP contribution < -0.4 is 10.3 Å². The molecule has 1 aromatic heterocycles. The fraction of sp³-hybridized carbons (Fsp3) is 0.560. The van der Waals surface area contributed by atoms with Crippen molar-refractivity contribution in [2.75, 3.05) is 30.9 Å². The van der Waals surface area contributed by atoms with Crippen LogP contribution in [0.2, 0.25) is 0 Å². The molecule has 38 heavy (non-hydrogen) atoms. The molecule has 0 radical (unpaired) electrons. The Labute approximate surface area is 230 Å². The van der Waals surface area contributed by atoms with E-state index < -0.39 is 29.2 Å². The van der Waals surface area contributed by atoms with E-state index in [9.17, 15) is 13.6 Å². The van der Waals surface area contributed by atoms with Crippen LogP contribution in [0.5, 0.6) is 0 Å². The Kier molecular flexibility index (Phi) is 8.29. The van der Waals surface area contributed by atoms with Gasteiger partial charge in [-0.25, -0.2) is 13.8 Å². The number of benzene rings is 1. The van der Waals surface area contributed by atoms with Gasteiger partial charge in [0.1, 0.15) is 34.8 Å². The summed E-state index contributed by atoms with van der Waals surface area (Å²) in [4.78, 5) is 20.8. The smallest absolute Gasteiger partial charge is 0.281 e. The predicted octanol–water partition coefficient (Wildman–Crippen LogP) is 1.42. The Hall–Kier alpha value is -2.19. The maximum absolute atomic E-state index is 14.0. The maximum Gasteiger partial charge on any atom is 0.281 e. The minimum absolute atomic E-state index is 0.0327. The molecule has 5 rings (SSSR count). The first-order valence-corrected chi connectivity index (χ1v) is 14.8. The molecule has 3 unspecified atom stereocenters. The number of aromatic nitrogens is 3. The first-order chi connectivity index (χ1) is 18.3. The highest BCUT2D eigenvalue weighted by molar-refractivity contribution is 7.98. The van der Waals surface area contributed by atoms with Crippen LogP contribution >= 0.6 is 11.8 Å².